The molecule has 4 aromatic rings. The van der Waals surface area contributed by atoms with E-state index in [1.54, 1.807) is 18.2 Å². The van der Waals surface area contributed by atoms with Crippen LogP contribution in [0.3, 0.4) is 0 Å². The molecule has 0 radical (unpaired) electrons. The smallest absolute Gasteiger partial charge is 0.262 e. The summed E-state index contributed by atoms with van der Waals surface area (Å²) in [6.07, 6.45) is 0. The zero-order chi connectivity index (χ0) is 21.7. The number of nitrogens with one attached hydrogen (secondary N) is 1. The van der Waals surface area contributed by atoms with E-state index >= 15 is 0 Å². The fraction of sp³-hybridized carbons (Fsp3) is 0.0952. The summed E-state index contributed by atoms with van der Waals surface area (Å²) in [6.45, 7) is 2.49. The second kappa shape index (κ2) is 6.80. The Labute approximate surface area is 174 Å². The Morgan fingerprint density at radius 3 is 2.39 bits per heavy atom. The van der Waals surface area contributed by atoms with E-state index in [-0.39, 0.29) is 16.9 Å². The van der Waals surface area contributed by atoms with Gasteiger partial charge in [0, 0.05) is 6.07 Å². The summed E-state index contributed by atoms with van der Waals surface area (Å²) in [5.41, 5.74) is 7.82. The van der Waals surface area contributed by atoms with Gasteiger partial charge in [-0.1, -0.05) is 0 Å². The number of anilines is 1. The number of fused-ring (bicyclic) bond motifs is 2. The Morgan fingerprint density at radius 2 is 1.65 bits per heavy atom. The van der Waals surface area contributed by atoms with Gasteiger partial charge in [-0.05, 0) is 49.4 Å². The number of rotatable bonds is 4. The third-order valence-corrected chi connectivity index (χ3v) is 4.95. The molecule has 0 fully saturated rings. The summed E-state index contributed by atoms with van der Waals surface area (Å²) in [6, 6.07) is 13.4. The number of nitrogen functional groups attached to an aromatic ring is 1. The highest BCUT2D eigenvalue weighted by atomic mass is 16.5. The van der Waals surface area contributed by atoms with E-state index in [1.807, 2.05) is 31.2 Å². The van der Waals surface area contributed by atoms with Crippen molar-refractivity contribution < 1.29 is 14.3 Å². The van der Waals surface area contributed by atoms with Crippen LogP contribution in [-0.2, 0) is 0 Å². The molecule has 0 unspecified atom stereocenters. The summed E-state index contributed by atoms with van der Waals surface area (Å²) in [7, 11) is 0. The maximum atomic E-state index is 12.6. The number of carbonyl (C=O) groups is 2. The lowest BCUT2D eigenvalue weighted by Crippen LogP contribution is -2.24. The van der Waals surface area contributed by atoms with Crippen molar-refractivity contribution >= 4 is 28.7 Å². The van der Waals surface area contributed by atoms with Crippen LogP contribution in [0.15, 0.2) is 53.3 Å². The number of hydrogen-bond acceptors (Lipinski definition) is 7. The first-order chi connectivity index (χ1) is 15.0. The van der Waals surface area contributed by atoms with Gasteiger partial charge in [0.25, 0.3) is 17.4 Å². The van der Waals surface area contributed by atoms with Gasteiger partial charge in [0.05, 0.1) is 29.1 Å². The molecule has 1 aliphatic rings. The van der Waals surface area contributed by atoms with Crippen LogP contribution in [0.25, 0.3) is 22.4 Å². The molecular formula is C21H16N6O4. The second-order valence-corrected chi connectivity index (χ2v) is 6.86. The molecule has 10 nitrogen and oxygen atoms in total. The van der Waals surface area contributed by atoms with Gasteiger partial charge in [-0.15, -0.1) is 10.2 Å². The molecule has 0 spiro atoms. The molecule has 154 valence electrons. The zero-order valence-corrected chi connectivity index (χ0v) is 16.3. The van der Waals surface area contributed by atoms with Crippen LogP contribution >= 0.6 is 0 Å². The fourth-order valence-corrected chi connectivity index (χ4v) is 3.55. The highest BCUT2D eigenvalue weighted by Crippen LogP contribution is 2.24. The highest BCUT2D eigenvalue weighted by Gasteiger charge is 2.31. The van der Waals surface area contributed by atoms with Gasteiger partial charge in [-0.3, -0.25) is 24.3 Å². The Kier molecular flexibility index (Phi) is 4.07. The molecule has 3 heterocycles. The van der Waals surface area contributed by atoms with Crippen LogP contribution < -0.4 is 21.3 Å². The van der Waals surface area contributed by atoms with Crippen molar-refractivity contribution in [2.24, 2.45) is 0 Å². The minimum Gasteiger partial charge on any atom is -0.494 e. The van der Waals surface area contributed by atoms with Gasteiger partial charge in [-0.25, -0.2) is 0 Å². The molecule has 2 aromatic carbocycles. The molecule has 2 aromatic heterocycles. The third kappa shape index (κ3) is 2.92. The van der Waals surface area contributed by atoms with Crippen molar-refractivity contribution in [3.63, 3.8) is 0 Å². The van der Waals surface area contributed by atoms with E-state index in [0.717, 1.165) is 17.5 Å². The van der Waals surface area contributed by atoms with Crippen molar-refractivity contribution in [2.75, 3.05) is 12.3 Å². The van der Waals surface area contributed by atoms with E-state index in [1.165, 1.54) is 9.36 Å². The summed E-state index contributed by atoms with van der Waals surface area (Å²) in [4.78, 5) is 38.0. The minimum absolute atomic E-state index is 0.0114. The molecule has 31 heavy (non-hydrogen) atoms. The normalized spacial score (nSPS) is 12.8. The first kappa shape index (κ1) is 18.6. The minimum atomic E-state index is -0.635. The summed E-state index contributed by atoms with van der Waals surface area (Å²) >= 11 is 0. The van der Waals surface area contributed by atoms with E-state index in [0.29, 0.717) is 23.3 Å². The molecule has 3 N–H and O–H groups in total. The van der Waals surface area contributed by atoms with Crippen molar-refractivity contribution in [3.8, 4) is 17.1 Å². The third-order valence-electron chi connectivity index (χ3n) is 4.95. The Balaban J connectivity index is 1.59. The van der Waals surface area contributed by atoms with Gasteiger partial charge in [-0.2, -0.15) is 4.80 Å². The van der Waals surface area contributed by atoms with Gasteiger partial charge in [0.1, 0.15) is 22.6 Å². The van der Waals surface area contributed by atoms with Crippen LogP contribution in [0, 0.1) is 0 Å². The maximum Gasteiger partial charge on any atom is 0.262 e. The molecule has 1 aliphatic heterocycles. The molecule has 5 rings (SSSR count). The van der Waals surface area contributed by atoms with Gasteiger partial charge in [0.2, 0.25) is 0 Å². The average Bonchev–Trinajstić information content (AvgIpc) is 3.29. The van der Waals surface area contributed by atoms with Gasteiger partial charge >= 0.3 is 0 Å². The van der Waals surface area contributed by atoms with Crippen LogP contribution in [0.4, 0.5) is 5.82 Å². The molecule has 0 aliphatic carbocycles. The molecular weight excluding hydrogens is 400 g/mol. The van der Waals surface area contributed by atoms with Crippen molar-refractivity contribution in [1.29, 1.82) is 0 Å². The topological polar surface area (TPSA) is 134 Å². The van der Waals surface area contributed by atoms with Crippen LogP contribution in [0.1, 0.15) is 27.6 Å². The molecule has 2 amide bonds. The van der Waals surface area contributed by atoms with E-state index < -0.39 is 17.4 Å². The number of ether oxygens (including phenoxy) is 1. The lowest BCUT2D eigenvalue weighted by Gasteiger charge is -2.11. The Hall–Kier alpha value is -4.47. The number of pyridine rings is 1. The predicted octanol–water partition coefficient (Wildman–Crippen LogP) is 1.44. The second-order valence-electron chi connectivity index (χ2n) is 6.86. The number of aromatic nitrogens is 4. The molecule has 10 heteroatoms. The number of carbonyl (C=O) groups excluding carboxylic acids is 2. The first-order valence-corrected chi connectivity index (χ1v) is 9.48. The first-order valence-electron chi connectivity index (χ1n) is 9.48. The SMILES string of the molecule is CCOc1ccc(-n2nc3ccc(-n4c(N)c5c(cc4=O)C(=O)NC5=O)cc3n2)cc1. The van der Waals surface area contributed by atoms with E-state index in [2.05, 4.69) is 15.5 Å². The summed E-state index contributed by atoms with van der Waals surface area (Å²) in [5.74, 6) is -0.623. The summed E-state index contributed by atoms with van der Waals surface area (Å²) < 4.78 is 6.62. The largest absolute Gasteiger partial charge is 0.494 e. The molecule has 0 saturated carbocycles. The number of amides is 2. The summed E-state index contributed by atoms with van der Waals surface area (Å²) in [5, 5.41) is 11.1. The number of nitrogens with zero attached hydrogens (tertiary/aromatic N) is 4. The molecule has 0 bridgehead atoms. The van der Waals surface area contributed by atoms with Gasteiger partial charge in [0.15, 0.2) is 0 Å². The number of imide groups is 1. The standard InChI is InChI=1S/C21H16N6O4/c1-2-31-13-6-3-11(4-7-13)27-24-15-8-5-12(9-16(15)25-27)26-17(28)10-14-18(19(26)22)21(30)23-20(14)29/h3-10H,2,22H2,1H3,(H,23,29,30). The lowest BCUT2D eigenvalue weighted by atomic mass is 10.1. The van der Waals surface area contributed by atoms with E-state index in [4.69, 9.17) is 10.5 Å². The molecule has 0 saturated heterocycles. The Bertz CT molecular complexity index is 1440. The highest BCUT2D eigenvalue weighted by molar-refractivity contribution is 6.23. The predicted molar refractivity (Wildman–Crippen MR) is 112 cm³/mol. The van der Waals surface area contributed by atoms with Crippen molar-refractivity contribution in [3.05, 3.63) is 70.0 Å². The van der Waals surface area contributed by atoms with Crippen LogP contribution in [0.2, 0.25) is 0 Å². The molecule has 0 atom stereocenters. The van der Waals surface area contributed by atoms with Crippen LogP contribution in [0.5, 0.6) is 5.75 Å². The zero-order valence-electron chi connectivity index (χ0n) is 16.3. The van der Waals surface area contributed by atoms with Crippen molar-refractivity contribution in [2.45, 2.75) is 6.92 Å². The Morgan fingerprint density at radius 1 is 0.935 bits per heavy atom. The van der Waals surface area contributed by atoms with Crippen LogP contribution in [-0.4, -0.2) is 38.0 Å². The maximum absolute atomic E-state index is 12.6. The number of hydrogen-bond donors (Lipinski definition) is 2. The fourth-order valence-electron chi connectivity index (χ4n) is 3.55. The van der Waals surface area contributed by atoms with Gasteiger partial charge < -0.3 is 10.5 Å². The number of benzene rings is 2. The number of nitrogens with two attached hydrogens (primary N) is 1. The average molecular weight is 416 g/mol. The quantitative estimate of drug-likeness (QED) is 0.481. The lowest BCUT2D eigenvalue weighted by molar-refractivity contribution is 0.0880. The van der Waals surface area contributed by atoms with E-state index in [9.17, 15) is 14.4 Å². The van der Waals surface area contributed by atoms with Crippen molar-refractivity contribution in [1.82, 2.24) is 24.9 Å². The monoisotopic (exact) mass is 416 g/mol.